The molecule has 0 saturated carbocycles. The summed E-state index contributed by atoms with van der Waals surface area (Å²) in [6, 6.07) is 2.50. The lowest BCUT2D eigenvalue weighted by Gasteiger charge is -2.11. The second kappa shape index (κ2) is 6.13. The molecule has 18 heavy (non-hydrogen) atoms. The quantitative estimate of drug-likeness (QED) is 0.750. The summed E-state index contributed by atoms with van der Waals surface area (Å²) in [5, 5.41) is 4.69. The summed E-state index contributed by atoms with van der Waals surface area (Å²) in [5.41, 5.74) is 1.14. The van der Waals surface area contributed by atoms with Crippen molar-refractivity contribution >= 4 is 54.5 Å². The van der Waals surface area contributed by atoms with E-state index in [0.717, 1.165) is 25.5 Å². The molecule has 0 radical (unpaired) electrons. The predicted octanol–water partition coefficient (Wildman–Crippen LogP) is 5.20. The van der Waals surface area contributed by atoms with Gasteiger partial charge in [-0.05, 0) is 58.7 Å². The molecule has 0 aliphatic rings. The Morgan fingerprint density at radius 1 is 1.33 bits per heavy atom. The monoisotopic (exact) mass is 408 g/mol. The zero-order valence-electron chi connectivity index (χ0n) is 10.4. The van der Waals surface area contributed by atoms with Crippen molar-refractivity contribution in [1.82, 2.24) is 10.3 Å². The van der Waals surface area contributed by atoms with E-state index in [4.69, 9.17) is 0 Å². The number of nitrogens with zero attached hydrogens (tertiary/aromatic N) is 1. The molecule has 2 aromatic rings. The Morgan fingerprint density at radius 3 is 2.56 bits per heavy atom. The lowest BCUT2D eigenvalue weighted by atomic mass is 10.2. The molecule has 0 fully saturated rings. The molecule has 0 aromatic carbocycles. The van der Waals surface area contributed by atoms with E-state index in [1.54, 1.807) is 22.7 Å². The second-order valence-electron chi connectivity index (χ2n) is 4.12. The van der Waals surface area contributed by atoms with Crippen LogP contribution in [-0.2, 0) is 6.54 Å². The van der Waals surface area contributed by atoms with E-state index in [9.17, 15) is 0 Å². The topological polar surface area (TPSA) is 24.9 Å². The van der Waals surface area contributed by atoms with Crippen molar-refractivity contribution in [1.29, 1.82) is 0 Å². The highest BCUT2D eigenvalue weighted by Crippen LogP contribution is 2.33. The van der Waals surface area contributed by atoms with Gasteiger partial charge in [0, 0.05) is 26.8 Å². The van der Waals surface area contributed by atoms with Crippen LogP contribution < -0.4 is 5.32 Å². The van der Waals surface area contributed by atoms with Crippen LogP contribution in [0.4, 0.5) is 0 Å². The van der Waals surface area contributed by atoms with Crippen molar-refractivity contribution in [2.24, 2.45) is 0 Å². The Labute approximate surface area is 132 Å². The van der Waals surface area contributed by atoms with Gasteiger partial charge < -0.3 is 5.32 Å². The SMILES string of the molecule is Cc1nc(C)c(C(C)NCc2cc(Br)c(Br)s2)s1. The normalized spacial score (nSPS) is 12.9. The lowest BCUT2D eigenvalue weighted by Crippen LogP contribution is -2.17. The minimum absolute atomic E-state index is 0.343. The van der Waals surface area contributed by atoms with Gasteiger partial charge in [-0.25, -0.2) is 4.98 Å². The molecule has 1 unspecified atom stereocenters. The maximum Gasteiger partial charge on any atom is 0.0900 e. The molecule has 0 amide bonds. The molecule has 0 aliphatic carbocycles. The van der Waals surface area contributed by atoms with Crippen LogP contribution in [0.25, 0.3) is 0 Å². The molecule has 0 saturated heterocycles. The van der Waals surface area contributed by atoms with Crippen LogP contribution in [0.2, 0.25) is 0 Å². The molecule has 2 aromatic heterocycles. The minimum atomic E-state index is 0.343. The van der Waals surface area contributed by atoms with E-state index in [1.807, 2.05) is 0 Å². The first-order valence-corrected chi connectivity index (χ1v) is 8.80. The number of hydrogen-bond donors (Lipinski definition) is 1. The van der Waals surface area contributed by atoms with Gasteiger partial charge in [-0.15, -0.1) is 22.7 Å². The zero-order valence-corrected chi connectivity index (χ0v) is 15.2. The summed E-state index contributed by atoms with van der Waals surface area (Å²) in [4.78, 5) is 7.13. The molecule has 0 spiro atoms. The molecule has 2 rings (SSSR count). The molecule has 2 heterocycles. The van der Waals surface area contributed by atoms with E-state index in [-0.39, 0.29) is 0 Å². The molecule has 0 bridgehead atoms. The van der Waals surface area contributed by atoms with Gasteiger partial charge in [-0.2, -0.15) is 0 Å². The Morgan fingerprint density at radius 2 is 2.06 bits per heavy atom. The minimum Gasteiger partial charge on any atom is -0.304 e. The summed E-state index contributed by atoms with van der Waals surface area (Å²) < 4.78 is 2.28. The zero-order chi connectivity index (χ0) is 13.3. The molecule has 1 N–H and O–H groups in total. The van der Waals surface area contributed by atoms with Gasteiger partial charge in [0.2, 0.25) is 0 Å². The first-order chi connectivity index (χ1) is 8.47. The summed E-state index contributed by atoms with van der Waals surface area (Å²) in [6.07, 6.45) is 0. The van der Waals surface area contributed by atoms with Gasteiger partial charge >= 0.3 is 0 Å². The number of nitrogens with one attached hydrogen (secondary N) is 1. The van der Waals surface area contributed by atoms with Crippen molar-refractivity contribution in [3.63, 3.8) is 0 Å². The highest BCUT2D eigenvalue weighted by molar-refractivity contribution is 9.13. The smallest absolute Gasteiger partial charge is 0.0900 e. The maximum atomic E-state index is 4.47. The summed E-state index contributed by atoms with van der Waals surface area (Å²) in [6.45, 7) is 7.21. The molecule has 98 valence electrons. The number of thiazole rings is 1. The molecule has 2 nitrogen and oxygen atoms in total. The van der Waals surface area contributed by atoms with Gasteiger partial charge in [0.1, 0.15) is 0 Å². The van der Waals surface area contributed by atoms with E-state index in [2.05, 4.69) is 69.0 Å². The van der Waals surface area contributed by atoms with Crippen LogP contribution in [-0.4, -0.2) is 4.98 Å². The van der Waals surface area contributed by atoms with E-state index in [0.29, 0.717) is 6.04 Å². The van der Waals surface area contributed by atoms with Gasteiger partial charge in [-0.3, -0.25) is 0 Å². The third kappa shape index (κ3) is 3.42. The maximum absolute atomic E-state index is 4.47. The average molecular weight is 410 g/mol. The Hall–Kier alpha value is 0.250. The van der Waals surface area contributed by atoms with E-state index in [1.165, 1.54) is 9.75 Å². The Bertz CT molecular complexity index is 529. The standard InChI is InChI=1S/C12H14Br2N2S2/c1-6(11-7(2)16-8(3)17-11)15-5-9-4-10(13)12(14)18-9/h4,6,15H,5H2,1-3H3. The molecule has 0 aliphatic heterocycles. The van der Waals surface area contributed by atoms with Crippen molar-refractivity contribution in [2.75, 3.05) is 0 Å². The van der Waals surface area contributed by atoms with Gasteiger partial charge in [-0.1, -0.05) is 0 Å². The first-order valence-electron chi connectivity index (χ1n) is 5.58. The highest BCUT2D eigenvalue weighted by Gasteiger charge is 2.13. The number of aryl methyl sites for hydroxylation is 2. The van der Waals surface area contributed by atoms with Gasteiger partial charge in [0.05, 0.1) is 14.5 Å². The fourth-order valence-electron chi connectivity index (χ4n) is 1.77. The number of hydrogen-bond acceptors (Lipinski definition) is 4. The van der Waals surface area contributed by atoms with Crippen LogP contribution in [0.3, 0.4) is 0 Å². The summed E-state index contributed by atoms with van der Waals surface area (Å²) in [5.74, 6) is 0. The summed E-state index contributed by atoms with van der Waals surface area (Å²) >= 11 is 10.6. The predicted molar refractivity (Wildman–Crippen MR) is 86.6 cm³/mol. The third-order valence-corrected chi connectivity index (χ3v) is 7.12. The van der Waals surface area contributed by atoms with Gasteiger partial charge in [0.15, 0.2) is 0 Å². The molecular weight excluding hydrogens is 396 g/mol. The highest BCUT2D eigenvalue weighted by atomic mass is 79.9. The van der Waals surface area contributed by atoms with Crippen molar-refractivity contribution in [3.05, 3.63) is 34.8 Å². The molecular formula is C12H14Br2N2S2. The van der Waals surface area contributed by atoms with Crippen molar-refractivity contribution < 1.29 is 0 Å². The van der Waals surface area contributed by atoms with Crippen LogP contribution in [0, 0.1) is 13.8 Å². The van der Waals surface area contributed by atoms with Gasteiger partial charge in [0.25, 0.3) is 0 Å². The number of halogens is 2. The average Bonchev–Trinajstić information content (AvgIpc) is 2.79. The van der Waals surface area contributed by atoms with Crippen LogP contribution in [0.5, 0.6) is 0 Å². The third-order valence-electron chi connectivity index (χ3n) is 2.61. The van der Waals surface area contributed by atoms with Crippen LogP contribution in [0.1, 0.15) is 33.4 Å². The van der Waals surface area contributed by atoms with Crippen molar-refractivity contribution in [2.45, 2.75) is 33.4 Å². The van der Waals surface area contributed by atoms with Crippen LogP contribution >= 0.6 is 54.5 Å². The summed E-state index contributed by atoms with van der Waals surface area (Å²) in [7, 11) is 0. The first kappa shape index (κ1) is 14.7. The van der Waals surface area contributed by atoms with E-state index >= 15 is 0 Å². The van der Waals surface area contributed by atoms with Crippen LogP contribution in [0.15, 0.2) is 14.3 Å². The number of thiophene rings is 1. The second-order valence-corrected chi connectivity index (χ2v) is 8.66. The number of rotatable bonds is 4. The Kier molecular flexibility index (Phi) is 4.99. The van der Waals surface area contributed by atoms with Crippen molar-refractivity contribution in [3.8, 4) is 0 Å². The molecule has 1 atom stereocenters. The fraction of sp³-hybridized carbons (Fsp3) is 0.417. The Balaban J connectivity index is 2.00. The fourth-order valence-corrected chi connectivity index (χ4v) is 4.86. The lowest BCUT2D eigenvalue weighted by molar-refractivity contribution is 0.583. The molecule has 6 heteroatoms. The van der Waals surface area contributed by atoms with E-state index < -0.39 is 0 Å². The largest absolute Gasteiger partial charge is 0.304 e. The number of aromatic nitrogens is 1.